The van der Waals surface area contributed by atoms with Gasteiger partial charge in [-0.25, -0.2) is 8.42 Å². The second-order valence-corrected chi connectivity index (χ2v) is 9.23. The van der Waals surface area contributed by atoms with E-state index in [1.807, 2.05) is 37.3 Å². The zero-order valence-electron chi connectivity index (χ0n) is 18.3. The molecule has 9 heteroatoms. The highest BCUT2D eigenvalue weighted by Crippen LogP contribution is 2.17. The Labute approximate surface area is 190 Å². The smallest absolute Gasteiger partial charge is 0.241 e. The molecular weight excluding hydrogens is 430 g/mol. The molecular formula is C23H31N3O5S. The molecule has 1 aliphatic heterocycles. The van der Waals surface area contributed by atoms with Crippen LogP contribution in [0.5, 0.6) is 5.75 Å². The van der Waals surface area contributed by atoms with E-state index in [1.54, 1.807) is 12.1 Å². The molecule has 1 fully saturated rings. The van der Waals surface area contributed by atoms with E-state index in [9.17, 15) is 13.2 Å². The van der Waals surface area contributed by atoms with Gasteiger partial charge in [0.2, 0.25) is 15.9 Å². The van der Waals surface area contributed by atoms with Crippen LogP contribution in [0.1, 0.15) is 12.5 Å². The number of morpholine rings is 1. The van der Waals surface area contributed by atoms with Gasteiger partial charge in [-0.3, -0.25) is 9.69 Å². The number of ether oxygens (including phenoxy) is 2. The molecule has 1 atom stereocenters. The van der Waals surface area contributed by atoms with Crippen molar-refractivity contribution in [2.75, 3.05) is 46.0 Å². The van der Waals surface area contributed by atoms with Crippen molar-refractivity contribution < 1.29 is 22.7 Å². The lowest BCUT2D eigenvalue weighted by Gasteiger charge is -2.27. The van der Waals surface area contributed by atoms with Gasteiger partial charge in [-0.15, -0.1) is 0 Å². The second-order valence-electron chi connectivity index (χ2n) is 7.51. The number of sulfonamides is 1. The average molecular weight is 462 g/mol. The Balaban J connectivity index is 1.67. The third kappa shape index (κ3) is 7.30. The van der Waals surface area contributed by atoms with Crippen molar-refractivity contribution in [3.8, 4) is 5.75 Å². The van der Waals surface area contributed by atoms with Crippen LogP contribution >= 0.6 is 0 Å². The molecule has 0 aliphatic carbocycles. The van der Waals surface area contributed by atoms with Crippen molar-refractivity contribution in [1.29, 1.82) is 0 Å². The fraction of sp³-hybridized carbons (Fsp3) is 0.435. The van der Waals surface area contributed by atoms with E-state index in [-0.39, 0.29) is 17.2 Å². The van der Waals surface area contributed by atoms with Crippen LogP contribution < -0.4 is 14.8 Å². The summed E-state index contributed by atoms with van der Waals surface area (Å²) in [4.78, 5) is 15.2. The first-order valence-corrected chi connectivity index (χ1v) is 12.3. The van der Waals surface area contributed by atoms with Crippen LogP contribution in [0.2, 0.25) is 0 Å². The Bertz CT molecular complexity index is 945. The highest BCUT2D eigenvalue weighted by Gasteiger charge is 2.26. The summed E-state index contributed by atoms with van der Waals surface area (Å²) < 4.78 is 39.2. The number of nitrogens with zero attached hydrogens (tertiary/aromatic N) is 1. The third-order valence-corrected chi connectivity index (χ3v) is 6.66. The summed E-state index contributed by atoms with van der Waals surface area (Å²) in [5.41, 5.74) is 0.871. The lowest BCUT2D eigenvalue weighted by Crippen LogP contribution is -2.49. The van der Waals surface area contributed by atoms with Crippen LogP contribution in [0, 0.1) is 0 Å². The van der Waals surface area contributed by atoms with Crippen molar-refractivity contribution in [3.05, 3.63) is 60.2 Å². The number of amides is 1. The van der Waals surface area contributed by atoms with Crippen LogP contribution in [0.15, 0.2) is 59.5 Å². The molecule has 0 spiro atoms. The summed E-state index contributed by atoms with van der Waals surface area (Å²) in [6, 6.07) is 14.6. The van der Waals surface area contributed by atoms with Gasteiger partial charge >= 0.3 is 0 Å². The molecule has 32 heavy (non-hydrogen) atoms. The second kappa shape index (κ2) is 12.0. The highest BCUT2D eigenvalue weighted by molar-refractivity contribution is 7.89. The average Bonchev–Trinajstić information content (AvgIpc) is 2.80. The molecule has 3 rings (SSSR count). The minimum absolute atomic E-state index is 0.0835. The zero-order valence-corrected chi connectivity index (χ0v) is 19.1. The third-order valence-electron chi connectivity index (χ3n) is 5.17. The molecule has 174 valence electrons. The molecule has 1 saturated heterocycles. The maximum Gasteiger partial charge on any atom is 0.241 e. The normalized spacial score (nSPS) is 15.8. The zero-order chi connectivity index (χ0) is 22.8. The molecule has 1 aliphatic rings. The quantitative estimate of drug-likeness (QED) is 0.525. The van der Waals surface area contributed by atoms with E-state index < -0.39 is 16.1 Å². The van der Waals surface area contributed by atoms with Crippen LogP contribution in [0.3, 0.4) is 0 Å². The first-order chi connectivity index (χ1) is 15.5. The molecule has 2 aromatic rings. The van der Waals surface area contributed by atoms with Gasteiger partial charge in [-0.05, 0) is 43.2 Å². The number of rotatable bonds is 11. The van der Waals surface area contributed by atoms with Gasteiger partial charge in [0.15, 0.2) is 0 Å². The van der Waals surface area contributed by atoms with Crippen molar-refractivity contribution >= 4 is 15.9 Å². The van der Waals surface area contributed by atoms with E-state index in [4.69, 9.17) is 9.47 Å². The monoisotopic (exact) mass is 461 g/mol. The van der Waals surface area contributed by atoms with Gasteiger partial charge in [0.25, 0.3) is 0 Å². The standard InChI is InChI=1S/C23H31N3O5S/c1-2-31-20-8-10-21(11-9-20)32(28,29)25-22(18-19-6-4-3-5-7-19)23(27)24-12-13-26-14-16-30-17-15-26/h3-11,22,25H,2,12-18H2,1H3,(H,24,27)/t22-/m0/s1. The topological polar surface area (TPSA) is 97.0 Å². The van der Waals surface area contributed by atoms with Crippen molar-refractivity contribution in [1.82, 2.24) is 14.9 Å². The van der Waals surface area contributed by atoms with E-state index in [0.29, 0.717) is 38.7 Å². The highest BCUT2D eigenvalue weighted by atomic mass is 32.2. The van der Waals surface area contributed by atoms with Gasteiger partial charge in [-0.2, -0.15) is 4.72 Å². The number of nitrogens with one attached hydrogen (secondary N) is 2. The SMILES string of the molecule is CCOc1ccc(S(=O)(=O)N[C@@H](Cc2ccccc2)C(=O)NCCN2CCOCC2)cc1. The summed E-state index contributed by atoms with van der Waals surface area (Å²) in [5.74, 6) is 0.241. The van der Waals surface area contributed by atoms with Gasteiger partial charge < -0.3 is 14.8 Å². The van der Waals surface area contributed by atoms with Gasteiger partial charge in [0.05, 0.1) is 24.7 Å². The summed E-state index contributed by atoms with van der Waals surface area (Å²) in [7, 11) is -3.90. The molecule has 2 N–H and O–H groups in total. The summed E-state index contributed by atoms with van der Waals surface area (Å²) in [5, 5.41) is 2.88. The first kappa shape index (κ1) is 24.2. The predicted molar refractivity (Wildman–Crippen MR) is 122 cm³/mol. The number of hydrogen-bond acceptors (Lipinski definition) is 6. The van der Waals surface area contributed by atoms with Gasteiger partial charge in [0, 0.05) is 26.2 Å². The first-order valence-electron chi connectivity index (χ1n) is 10.8. The fourth-order valence-corrected chi connectivity index (χ4v) is 4.66. The molecule has 2 aromatic carbocycles. The molecule has 1 amide bonds. The molecule has 0 aromatic heterocycles. The number of benzene rings is 2. The largest absolute Gasteiger partial charge is 0.494 e. The Kier molecular flexibility index (Phi) is 9.04. The number of hydrogen-bond donors (Lipinski definition) is 2. The summed E-state index contributed by atoms with van der Waals surface area (Å²) >= 11 is 0. The Morgan fingerprint density at radius 1 is 1.09 bits per heavy atom. The van der Waals surface area contributed by atoms with Crippen LogP contribution in [0.4, 0.5) is 0 Å². The van der Waals surface area contributed by atoms with Crippen LogP contribution in [-0.4, -0.2) is 71.3 Å². The van der Waals surface area contributed by atoms with Crippen LogP contribution in [0.25, 0.3) is 0 Å². The maximum absolute atomic E-state index is 13.0. The number of carbonyl (C=O) groups is 1. The van der Waals surface area contributed by atoms with Gasteiger partial charge in [-0.1, -0.05) is 30.3 Å². The lowest BCUT2D eigenvalue weighted by atomic mass is 10.1. The molecule has 8 nitrogen and oxygen atoms in total. The van der Waals surface area contributed by atoms with Crippen molar-refractivity contribution in [2.24, 2.45) is 0 Å². The Hall–Kier alpha value is -2.46. The van der Waals surface area contributed by atoms with E-state index >= 15 is 0 Å². The minimum atomic E-state index is -3.90. The fourth-order valence-electron chi connectivity index (χ4n) is 3.46. The minimum Gasteiger partial charge on any atom is -0.494 e. The summed E-state index contributed by atoms with van der Waals surface area (Å²) in [6.07, 6.45) is 0.250. The van der Waals surface area contributed by atoms with E-state index in [0.717, 1.165) is 18.7 Å². The van der Waals surface area contributed by atoms with E-state index in [1.165, 1.54) is 12.1 Å². The van der Waals surface area contributed by atoms with Crippen LogP contribution in [-0.2, 0) is 26.0 Å². The van der Waals surface area contributed by atoms with Crippen molar-refractivity contribution in [3.63, 3.8) is 0 Å². The number of carbonyl (C=O) groups excluding carboxylic acids is 1. The van der Waals surface area contributed by atoms with Crippen molar-refractivity contribution in [2.45, 2.75) is 24.3 Å². The molecule has 0 radical (unpaired) electrons. The molecule has 1 heterocycles. The molecule has 0 bridgehead atoms. The molecule has 0 unspecified atom stereocenters. The predicted octanol–water partition coefficient (Wildman–Crippen LogP) is 1.42. The molecule has 0 saturated carbocycles. The van der Waals surface area contributed by atoms with E-state index in [2.05, 4.69) is 14.9 Å². The Morgan fingerprint density at radius 2 is 1.78 bits per heavy atom. The Morgan fingerprint density at radius 3 is 2.44 bits per heavy atom. The maximum atomic E-state index is 13.0. The van der Waals surface area contributed by atoms with Gasteiger partial charge in [0.1, 0.15) is 11.8 Å². The lowest BCUT2D eigenvalue weighted by molar-refractivity contribution is -0.122. The summed E-state index contributed by atoms with van der Waals surface area (Å²) in [6.45, 7) is 6.51.